The number of hydrogen-bond acceptors (Lipinski definition) is 6. The van der Waals surface area contributed by atoms with E-state index < -0.39 is 10.2 Å². The number of carbonyl (C=O) groups excluding carboxylic acids is 1. The van der Waals surface area contributed by atoms with Crippen LogP contribution in [0, 0.1) is 10.2 Å². The number of benzene rings is 4. The molecule has 0 aliphatic heterocycles. The number of para-hydroxylation sites is 1. The normalized spacial score (nSPS) is 11.0. The average molecular weight is 593 g/mol. The van der Waals surface area contributed by atoms with E-state index in [2.05, 4.69) is 41.1 Å². The van der Waals surface area contributed by atoms with Crippen molar-refractivity contribution < 1.29 is 43.1 Å². The zero-order valence-corrected chi connectivity index (χ0v) is 23.5. The predicted octanol–water partition coefficient (Wildman–Crippen LogP) is 2.23. The maximum atomic E-state index is 12.9. The molecule has 0 aliphatic carbocycles. The molecule has 0 amide bonds. The SMILES string of the molecule is CCOC(=O)C[n+]1c(-c2ccc(Cl)cc2)c(-c2ccccc2)c(-c2ccccc2)n1-c1ccccc1.[O-][Cl+3]([O-])([O-])[O-]. The first kappa shape index (κ1) is 30.0. The van der Waals surface area contributed by atoms with Crippen LogP contribution in [0.15, 0.2) is 115 Å². The van der Waals surface area contributed by atoms with Crippen LogP contribution in [0.2, 0.25) is 5.02 Å². The topological polar surface area (TPSA) is 127 Å². The highest BCUT2D eigenvalue weighted by Gasteiger charge is 2.35. The van der Waals surface area contributed by atoms with Crippen LogP contribution in [0.4, 0.5) is 0 Å². The molecule has 0 radical (unpaired) electrons. The van der Waals surface area contributed by atoms with E-state index in [4.69, 9.17) is 35.0 Å². The maximum absolute atomic E-state index is 12.9. The van der Waals surface area contributed by atoms with Crippen LogP contribution in [0.1, 0.15) is 6.92 Å². The Kier molecular flexibility index (Phi) is 9.91. The number of nitrogens with zero attached hydrogens (tertiary/aromatic N) is 2. The lowest BCUT2D eigenvalue weighted by atomic mass is 9.95. The highest BCUT2D eigenvalue weighted by atomic mass is 35.7. The second kappa shape index (κ2) is 13.6. The van der Waals surface area contributed by atoms with Crippen molar-refractivity contribution in [3.8, 4) is 39.3 Å². The number of esters is 1. The van der Waals surface area contributed by atoms with Crippen molar-refractivity contribution >= 4 is 17.6 Å². The van der Waals surface area contributed by atoms with Crippen molar-refractivity contribution in [1.82, 2.24) is 4.68 Å². The van der Waals surface area contributed by atoms with Crippen LogP contribution in [0.3, 0.4) is 0 Å². The molecule has 0 aliphatic rings. The summed E-state index contributed by atoms with van der Waals surface area (Å²) in [5, 5.41) is 0.655. The lowest BCUT2D eigenvalue weighted by Gasteiger charge is -2.17. The Hall–Kier alpha value is -4.02. The number of carbonyl (C=O) groups is 1. The van der Waals surface area contributed by atoms with E-state index in [1.165, 1.54) is 0 Å². The van der Waals surface area contributed by atoms with Gasteiger partial charge in [0, 0.05) is 16.1 Å². The van der Waals surface area contributed by atoms with Gasteiger partial charge in [0.25, 0.3) is 6.54 Å². The molecule has 41 heavy (non-hydrogen) atoms. The summed E-state index contributed by atoms with van der Waals surface area (Å²) >= 11 is 6.26. The number of hydrogen-bond donors (Lipinski definition) is 0. The number of aromatic nitrogens is 2. The van der Waals surface area contributed by atoms with Gasteiger partial charge in [-0.3, -0.25) is 0 Å². The van der Waals surface area contributed by atoms with Crippen LogP contribution < -0.4 is 23.3 Å². The molecule has 0 spiro atoms. The van der Waals surface area contributed by atoms with Gasteiger partial charge < -0.3 is 4.74 Å². The highest BCUT2D eigenvalue weighted by molar-refractivity contribution is 6.30. The molecule has 0 bridgehead atoms. The summed E-state index contributed by atoms with van der Waals surface area (Å²) in [5.74, 6) is -0.299. The van der Waals surface area contributed by atoms with Crippen LogP contribution in [-0.2, 0) is 16.1 Å². The average Bonchev–Trinajstić information content (AvgIpc) is 3.28. The molecule has 0 unspecified atom stereocenters. The molecule has 10 heteroatoms. The smallest absolute Gasteiger partial charge is 0.375 e. The molecule has 8 nitrogen and oxygen atoms in total. The second-order valence-electron chi connectivity index (χ2n) is 8.70. The van der Waals surface area contributed by atoms with Gasteiger partial charge >= 0.3 is 5.97 Å². The van der Waals surface area contributed by atoms with Gasteiger partial charge in [-0.05, 0) is 48.9 Å². The number of halogens is 2. The lowest BCUT2D eigenvalue weighted by Crippen LogP contribution is -2.68. The van der Waals surface area contributed by atoms with Crippen LogP contribution >= 0.6 is 11.6 Å². The summed E-state index contributed by atoms with van der Waals surface area (Å²) in [6.45, 7) is 2.19. The molecule has 0 N–H and O–H groups in total. The Bertz CT molecular complexity index is 1570. The lowest BCUT2D eigenvalue weighted by molar-refractivity contribution is -2.00. The van der Waals surface area contributed by atoms with Gasteiger partial charge in [-0.2, -0.15) is 0 Å². The molecule has 1 heterocycles. The third-order valence-corrected chi connectivity index (χ3v) is 6.25. The minimum absolute atomic E-state index is 0.0490. The monoisotopic (exact) mass is 592 g/mol. The molecular weight excluding hydrogens is 567 g/mol. The van der Waals surface area contributed by atoms with Gasteiger partial charge in [0.15, 0.2) is 0 Å². The van der Waals surface area contributed by atoms with Gasteiger partial charge in [-0.15, -0.1) is 14.9 Å². The van der Waals surface area contributed by atoms with Gasteiger partial charge in [-0.25, -0.2) is 23.4 Å². The Morgan fingerprint density at radius 2 is 1.24 bits per heavy atom. The molecule has 5 rings (SSSR count). The van der Waals surface area contributed by atoms with Crippen molar-refractivity contribution in [2.24, 2.45) is 0 Å². The molecule has 0 saturated heterocycles. The van der Waals surface area contributed by atoms with Crippen molar-refractivity contribution in [3.05, 3.63) is 120 Å². The quantitative estimate of drug-likeness (QED) is 0.210. The molecular formula is C31H26Cl2N2O6. The van der Waals surface area contributed by atoms with Gasteiger partial charge in [0.05, 0.1) is 12.2 Å². The zero-order valence-electron chi connectivity index (χ0n) is 22.0. The summed E-state index contributed by atoms with van der Waals surface area (Å²) in [6.07, 6.45) is 0. The first-order valence-electron chi connectivity index (χ1n) is 12.6. The Morgan fingerprint density at radius 3 is 1.76 bits per heavy atom. The van der Waals surface area contributed by atoms with E-state index in [1.54, 1.807) is 0 Å². The Labute approximate surface area is 244 Å². The van der Waals surface area contributed by atoms with Gasteiger partial charge in [0.1, 0.15) is 11.4 Å². The van der Waals surface area contributed by atoms with E-state index in [9.17, 15) is 4.79 Å². The number of ether oxygens (including phenoxy) is 1. The fourth-order valence-electron chi connectivity index (χ4n) is 4.53. The van der Waals surface area contributed by atoms with Gasteiger partial charge in [0.2, 0.25) is 5.69 Å². The van der Waals surface area contributed by atoms with Crippen molar-refractivity contribution in [1.29, 1.82) is 0 Å². The van der Waals surface area contributed by atoms with E-state index in [-0.39, 0.29) is 12.5 Å². The van der Waals surface area contributed by atoms with E-state index >= 15 is 0 Å². The summed E-state index contributed by atoms with van der Waals surface area (Å²) in [5.41, 5.74) is 6.91. The van der Waals surface area contributed by atoms with E-state index in [0.717, 1.165) is 39.3 Å². The summed E-state index contributed by atoms with van der Waals surface area (Å²) in [7, 11) is -4.94. The summed E-state index contributed by atoms with van der Waals surface area (Å²) in [4.78, 5) is 12.9. The van der Waals surface area contributed by atoms with E-state index in [1.807, 2.05) is 90.5 Å². The van der Waals surface area contributed by atoms with E-state index in [0.29, 0.717) is 11.6 Å². The molecule has 210 valence electrons. The Morgan fingerprint density at radius 1 is 0.756 bits per heavy atom. The molecule has 4 aromatic carbocycles. The molecule has 0 fully saturated rings. The minimum atomic E-state index is -4.94. The largest absolute Gasteiger partial charge is 0.461 e. The van der Waals surface area contributed by atoms with Crippen molar-refractivity contribution in [3.63, 3.8) is 0 Å². The van der Waals surface area contributed by atoms with Crippen LogP contribution in [-0.4, -0.2) is 17.3 Å². The third-order valence-electron chi connectivity index (χ3n) is 6.00. The first-order chi connectivity index (χ1) is 19.7. The molecule has 1 aromatic heterocycles. The number of rotatable bonds is 7. The zero-order chi connectivity index (χ0) is 29.4. The highest BCUT2D eigenvalue weighted by Crippen LogP contribution is 2.40. The second-order valence-corrected chi connectivity index (χ2v) is 9.89. The van der Waals surface area contributed by atoms with Crippen molar-refractivity contribution in [2.45, 2.75) is 13.5 Å². The molecule has 0 saturated carbocycles. The standard InChI is InChI=1S/C31H26ClN2O2.ClHO4/c1-2-36-28(35)22-33-30(25-18-20-26(32)21-19-25)29(23-12-6-3-7-13-23)31(24-14-8-4-9-15-24)34(33)27-16-10-5-11-17-27;2-1(3,4)5/h3-21H,2,22H2,1H3;(H,2,3,4,5)/q+1;/p-1. The fraction of sp³-hybridized carbons (Fsp3) is 0.0968. The van der Waals surface area contributed by atoms with Crippen LogP contribution in [0.5, 0.6) is 0 Å². The van der Waals surface area contributed by atoms with Gasteiger partial charge in [-0.1, -0.05) is 95.1 Å². The Balaban J connectivity index is 0.000000714. The van der Waals surface area contributed by atoms with Crippen LogP contribution in [0.25, 0.3) is 39.3 Å². The third kappa shape index (κ3) is 7.80. The first-order valence-corrected chi connectivity index (χ1v) is 14.2. The summed E-state index contributed by atoms with van der Waals surface area (Å²) in [6, 6.07) is 38.4. The predicted molar refractivity (Wildman–Crippen MR) is 144 cm³/mol. The molecule has 0 atom stereocenters. The van der Waals surface area contributed by atoms with Crippen molar-refractivity contribution in [2.75, 3.05) is 6.61 Å². The minimum Gasteiger partial charge on any atom is -0.461 e. The fourth-order valence-corrected chi connectivity index (χ4v) is 4.65. The molecule has 5 aromatic rings. The summed E-state index contributed by atoms with van der Waals surface area (Å²) < 4.78 is 43.5. The maximum Gasteiger partial charge on any atom is 0.375 e.